The first-order chi connectivity index (χ1) is 13.4. The number of aromatic nitrogens is 3. The number of nitrogens with zero attached hydrogens (tertiary/aromatic N) is 3. The fourth-order valence-electron chi connectivity index (χ4n) is 2.63. The highest BCUT2D eigenvalue weighted by Gasteiger charge is 2.31. The third kappa shape index (κ3) is 3.81. The van der Waals surface area contributed by atoms with Gasteiger partial charge in [0.1, 0.15) is 11.4 Å². The molecule has 0 aliphatic heterocycles. The van der Waals surface area contributed by atoms with Gasteiger partial charge in [-0.3, -0.25) is 10.1 Å². The van der Waals surface area contributed by atoms with E-state index in [9.17, 15) is 18.0 Å². The largest absolute Gasteiger partial charge is 0.573 e. The number of rotatable bonds is 4. The molecule has 3 heterocycles. The molecule has 0 spiro atoms. The Morgan fingerprint density at radius 2 is 2.07 bits per heavy atom. The summed E-state index contributed by atoms with van der Waals surface area (Å²) in [4.78, 5) is 21.0. The van der Waals surface area contributed by atoms with Crippen molar-refractivity contribution >= 4 is 28.0 Å². The summed E-state index contributed by atoms with van der Waals surface area (Å²) in [6, 6.07) is 8.79. The number of anilines is 1. The summed E-state index contributed by atoms with van der Waals surface area (Å²) in [5.74, 6) is -0.726. The first-order valence-electron chi connectivity index (χ1n) is 7.94. The quantitative estimate of drug-likeness (QED) is 0.539. The lowest BCUT2D eigenvalue weighted by Crippen LogP contribution is -2.17. The molecule has 1 aromatic carbocycles. The molecule has 142 valence electrons. The average molecular weight is 404 g/mol. The van der Waals surface area contributed by atoms with E-state index >= 15 is 0 Å². The number of hydrogen-bond donors (Lipinski definition) is 1. The van der Waals surface area contributed by atoms with Crippen LogP contribution >= 0.6 is 11.3 Å². The summed E-state index contributed by atoms with van der Waals surface area (Å²) in [6.07, 6.45) is 0.118. The number of nitrogens with one attached hydrogen (secondary N) is 1. The van der Waals surface area contributed by atoms with Crippen molar-refractivity contribution < 1.29 is 22.7 Å². The molecule has 3 aromatic heterocycles. The van der Waals surface area contributed by atoms with E-state index in [4.69, 9.17) is 0 Å². The number of benzene rings is 1. The summed E-state index contributed by atoms with van der Waals surface area (Å²) >= 11 is 1.28. The van der Waals surface area contributed by atoms with Gasteiger partial charge in [-0.1, -0.05) is 12.1 Å². The predicted molar refractivity (Wildman–Crippen MR) is 97.4 cm³/mol. The van der Waals surface area contributed by atoms with Gasteiger partial charge < -0.3 is 9.14 Å². The highest BCUT2D eigenvalue weighted by Crippen LogP contribution is 2.28. The number of alkyl halides is 3. The molecule has 6 nitrogen and oxygen atoms in total. The van der Waals surface area contributed by atoms with Gasteiger partial charge in [0, 0.05) is 29.5 Å². The Morgan fingerprint density at radius 1 is 1.21 bits per heavy atom. The molecule has 0 fully saturated rings. The van der Waals surface area contributed by atoms with E-state index in [0.29, 0.717) is 27.6 Å². The van der Waals surface area contributed by atoms with Crippen molar-refractivity contribution in [3.63, 3.8) is 0 Å². The van der Waals surface area contributed by atoms with Gasteiger partial charge in [0.05, 0.1) is 11.3 Å². The van der Waals surface area contributed by atoms with Crippen LogP contribution in [0.2, 0.25) is 0 Å². The van der Waals surface area contributed by atoms with Crippen LogP contribution in [0.15, 0.2) is 60.4 Å². The lowest BCUT2D eigenvalue weighted by Gasteiger charge is -2.09. The van der Waals surface area contributed by atoms with Crippen LogP contribution < -0.4 is 10.1 Å². The second-order valence-electron chi connectivity index (χ2n) is 5.65. The Kier molecular flexibility index (Phi) is 4.47. The molecule has 28 heavy (non-hydrogen) atoms. The average Bonchev–Trinajstić information content (AvgIpc) is 3.29. The van der Waals surface area contributed by atoms with E-state index in [0.717, 1.165) is 0 Å². The molecular formula is C18H11F3N4O2S. The topological polar surface area (TPSA) is 68.5 Å². The molecule has 0 aliphatic carbocycles. The zero-order valence-corrected chi connectivity index (χ0v) is 14.8. The molecule has 0 bridgehead atoms. The summed E-state index contributed by atoms with van der Waals surface area (Å²) in [5, 5.41) is 4.87. The number of carbonyl (C=O) groups excluding carboxylic acids is 1. The van der Waals surface area contributed by atoms with Gasteiger partial charge in [-0.05, 0) is 24.3 Å². The lowest BCUT2D eigenvalue weighted by atomic mass is 10.1. The van der Waals surface area contributed by atoms with Gasteiger partial charge in [-0.15, -0.1) is 24.5 Å². The maximum absolute atomic E-state index is 12.5. The van der Waals surface area contributed by atoms with Crippen LogP contribution in [0, 0.1) is 0 Å². The Hall–Kier alpha value is -3.40. The summed E-state index contributed by atoms with van der Waals surface area (Å²) < 4.78 is 42.9. The fraction of sp³-hybridized carbons (Fsp3) is 0.0556. The van der Waals surface area contributed by atoms with E-state index < -0.39 is 6.36 Å². The molecule has 0 atom stereocenters. The molecule has 1 amide bonds. The molecule has 4 rings (SSSR count). The van der Waals surface area contributed by atoms with Crippen LogP contribution in [0.5, 0.6) is 5.75 Å². The van der Waals surface area contributed by atoms with Crippen LogP contribution in [-0.4, -0.2) is 26.6 Å². The van der Waals surface area contributed by atoms with Crippen LogP contribution in [0.3, 0.4) is 0 Å². The number of halogens is 3. The molecular weight excluding hydrogens is 393 g/mol. The smallest absolute Gasteiger partial charge is 0.406 e. The number of imidazole rings is 1. The van der Waals surface area contributed by atoms with Crippen molar-refractivity contribution in [2.45, 2.75) is 6.36 Å². The van der Waals surface area contributed by atoms with Crippen molar-refractivity contribution in [3.8, 4) is 17.0 Å². The molecule has 1 N–H and O–H groups in total. The standard InChI is InChI=1S/C18H11F3N4O2S/c19-18(20,21)27-12-4-1-3-11(9-12)14-10-25-7-2-5-13(15(25)23-14)16(26)24-17-22-6-8-28-17/h1-10H,(H,22,24,26). The van der Waals surface area contributed by atoms with Crippen molar-refractivity contribution in [1.82, 2.24) is 14.4 Å². The second kappa shape index (κ2) is 6.97. The van der Waals surface area contributed by atoms with Gasteiger partial charge in [0.2, 0.25) is 0 Å². The molecule has 0 saturated carbocycles. The molecule has 0 unspecified atom stereocenters. The second-order valence-corrected chi connectivity index (χ2v) is 6.54. The first kappa shape index (κ1) is 18.0. The van der Waals surface area contributed by atoms with Crippen molar-refractivity contribution in [3.05, 3.63) is 65.9 Å². The zero-order valence-electron chi connectivity index (χ0n) is 14.0. The van der Waals surface area contributed by atoms with Crippen molar-refractivity contribution in [1.29, 1.82) is 0 Å². The number of pyridine rings is 1. The maximum atomic E-state index is 12.5. The van der Waals surface area contributed by atoms with E-state index in [1.807, 2.05) is 0 Å². The molecule has 0 radical (unpaired) electrons. The minimum atomic E-state index is -4.78. The monoisotopic (exact) mass is 404 g/mol. The normalized spacial score (nSPS) is 11.5. The Bertz CT molecular complexity index is 1140. The number of hydrogen-bond acceptors (Lipinski definition) is 5. The summed E-state index contributed by atoms with van der Waals surface area (Å²) in [7, 11) is 0. The molecule has 4 aromatic rings. The van der Waals surface area contributed by atoms with E-state index in [2.05, 4.69) is 20.0 Å². The Morgan fingerprint density at radius 3 is 2.82 bits per heavy atom. The van der Waals surface area contributed by atoms with Crippen molar-refractivity contribution in [2.75, 3.05) is 5.32 Å². The van der Waals surface area contributed by atoms with Gasteiger partial charge in [0.15, 0.2) is 5.13 Å². The molecule has 10 heteroatoms. The third-order valence-corrected chi connectivity index (χ3v) is 4.43. The highest BCUT2D eigenvalue weighted by atomic mass is 32.1. The first-order valence-corrected chi connectivity index (χ1v) is 8.82. The minimum Gasteiger partial charge on any atom is -0.406 e. The number of carbonyl (C=O) groups is 1. The van der Waals surface area contributed by atoms with E-state index in [-0.39, 0.29) is 11.7 Å². The lowest BCUT2D eigenvalue weighted by molar-refractivity contribution is -0.274. The van der Waals surface area contributed by atoms with Gasteiger partial charge in [-0.25, -0.2) is 9.97 Å². The van der Waals surface area contributed by atoms with Gasteiger partial charge >= 0.3 is 6.36 Å². The van der Waals surface area contributed by atoms with E-state index in [1.165, 1.54) is 29.5 Å². The van der Waals surface area contributed by atoms with E-state index in [1.54, 1.807) is 46.6 Å². The van der Waals surface area contributed by atoms with Gasteiger partial charge in [0.25, 0.3) is 5.91 Å². The number of thiazole rings is 1. The predicted octanol–water partition coefficient (Wildman–Crippen LogP) is 4.61. The Labute approximate surface area is 160 Å². The fourth-order valence-corrected chi connectivity index (χ4v) is 3.16. The zero-order chi connectivity index (χ0) is 19.7. The van der Waals surface area contributed by atoms with Crippen LogP contribution in [0.1, 0.15) is 10.4 Å². The number of ether oxygens (including phenoxy) is 1. The van der Waals surface area contributed by atoms with Gasteiger partial charge in [-0.2, -0.15) is 0 Å². The summed E-state index contributed by atoms with van der Waals surface area (Å²) in [5.41, 5.74) is 1.51. The maximum Gasteiger partial charge on any atom is 0.573 e. The highest BCUT2D eigenvalue weighted by molar-refractivity contribution is 7.13. The third-order valence-electron chi connectivity index (χ3n) is 3.74. The van der Waals surface area contributed by atoms with Crippen molar-refractivity contribution in [2.24, 2.45) is 0 Å². The summed E-state index contributed by atoms with van der Waals surface area (Å²) in [6.45, 7) is 0. The number of fused-ring (bicyclic) bond motifs is 1. The minimum absolute atomic E-state index is 0.312. The molecule has 0 saturated heterocycles. The van der Waals surface area contributed by atoms with Crippen LogP contribution in [-0.2, 0) is 0 Å². The Balaban J connectivity index is 1.69. The number of amides is 1. The SMILES string of the molecule is O=C(Nc1nccs1)c1cccn2cc(-c3cccc(OC(F)(F)F)c3)nc12. The van der Waals surface area contributed by atoms with Crippen LogP contribution in [0.4, 0.5) is 18.3 Å². The van der Waals surface area contributed by atoms with Crippen LogP contribution in [0.25, 0.3) is 16.9 Å². The molecule has 0 aliphatic rings.